The van der Waals surface area contributed by atoms with Crippen LogP contribution in [0.2, 0.25) is 0 Å². The van der Waals surface area contributed by atoms with E-state index in [1.807, 2.05) is 12.1 Å². The van der Waals surface area contributed by atoms with Gasteiger partial charge in [-0.15, -0.1) is 0 Å². The first-order chi connectivity index (χ1) is 8.84. The normalized spacial score (nSPS) is 19.7. The van der Waals surface area contributed by atoms with Crippen LogP contribution in [0.5, 0.6) is 0 Å². The molecule has 0 aromatic carbocycles. The maximum absolute atomic E-state index is 11.7. The van der Waals surface area contributed by atoms with Crippen molar-refractivity contribution >= 4 is 5.91 Å². The lowest BCUT2D eigenvalue weighted by atomic mass is 9.94. The van der Waals surface area contributed by atoms with E-state index in [2.05, 4.69) is 10.6 Å². The minimum absolute atomic E-state index is 0.159. The molecule has 0 aliphatic carbocycles. The lowest BCUT2D eigenvalue weighted by Crippen LogP contribution is -2.31. The summed E-state index contributed by atoms with van der Waals surface area (Å²) in [5.74, 6) is 1.76. The van der Waals surface area contributed by atoms with Crippen LogP contribution >= 0.6 is 0 Å². The van der Waals surface area contributed by atoms with Crippen molar-refractivity contribution in [2.75, 3.05) is 19.6 Å². The summed E-state index contributed by atoms with van der Waals surface area (Å²) in [5, 5.41) is 6.32. The number of piperidine rings is 1. The minimum atomic E-state index is 0.159. The molecule has 0 spiro atoms. The highest BCUT2D eigenvalue weighted by Crippen LogP contribution is 2.15. The van der Waals surface area contributed by atoms with Gasteiger partial charge in [0, 0.05) is 19.4 Å². The molecule has 1 aliphatic heterocycles. The Bertz CT molecular complexity index is 343. The molecular formula is C14H22N2O2. The van der Waals surface area contributed by atoms with Gasteiger partial charge in [-0.05, 0) is 50.4 Å². The third-order valence-electron chi connectivity index (χ3n) is 3.45. The molecule has 4 nitrogen and oxygen atoms in total. The second-order valence-electron chi connectivity index (χ2n) is 4.93. The van der Waals surface area contributed by atoms with Crippen LogP contribution in [0.1, 0.15) is 31.4 Å². The third kappa shape index (κ3) is 4.53. The van der Waals surface area contributed by atoms with Gasteiger partial charge in [-0.3, -0.25) is 4.79 Å². The topological polar surface area (TPSA) is 54.3 Å². The summed E-state index contributed by atoms with van der Waals surface area (Å²) in [6.45, 7) is 2.86. The highest BCUT2D eigenvalue weighted by Gasteiger charge is 2.14. The molecular weight excluding hydrogens is 228 g/mol. The Morgan fingerprint density at radius 3 is 3.22 bits per heavy atom. The molecule has 0 radical (unpaired) electrons. The fourth-order valence-electron chi connectivity index (χ4n) is 2.37. The number of carbonyl (C=O) groups excluding carboxylic acids is 1. The summed E-state index contributed by atoms with van der Waals surface area (Å²) < 4.78 is 5.21. The van der Waals surface area contributed by atoms with Crippen molar-refractivity contribution in [1.29, 1.82) is 0 Å². The molecule has 1 atom stereocenters. The summed E-state index contributed by atoms with van der Waals surface area (Å²) in [4.78, 5) is 11.7. The van der Waals surface area contributed by atoms with E-state index in [9.17, 15) is 4.79 Å². The van der Waals surface area contributed by atoms with Crippen LogP contribution in [0.15, 0.2) is 22.8 Å². The summed E-state index contributed by atoms with van der Waals surface area (Å²) in [7, 11) is 0. The second-order valence-corrected chi connectivity index (χ2v) is 4.93. The van der Waals surface area contributed by atoms with Crippen molar-refractivity contribution < 1.29 is 9.21 Å². The smallest absolute Gasteiger partial charge is 0.220 e. The van der Waals surface area contributed by atoms with Gasteiger partial charge in [0.2, 0.25) is 5.91 Å². The summed E-state index contributed by atoms with van der Waals surface area (Å²) in [6.07, 6.45) is 6.57. The number of rotatable bonds is 6. The monoisotopic (exact) mass is 250 g/mol. The molecule has 1 aromatic rings. The van der Waals surface area contributed by atoms with Crippen molar-refractivity contribution in [3.05, 3.63) is 24.2 Å². The first kappa shape index (κ1) is 13.1. The van der Waals surface area contributed by atoms with Crippen LogP contribution in [0, 0.1) is 5.92 Å². The Morgan fingerprint density at radius 1 is 1.56 bits per heavy atom. The van der Waals surface area contributed by atoms with Crippen molar-refractivity contribution in [2.24, 2.45) is 5.92 Å². The minimum Gasteiger partial charge on any atom is -0.469 e. The highest BCUT2D eigenvalue weighted by atomic mass is 16.3. The van der Waals surface area contributed by atoms with Gasteiger partial charge in [-0.1, -0.05) is 0 Å². The van der Waals surface area contributed by atoms with Gasteiger partial charge < -0.3 is 15.1 Å². The number of hydrogen-bond acceptors (Lipinski definition) is 3. The van der Waals surface area contributed by atoms with Crippen molar-refractivity contribution in [1.82, 2.24) is 10.6 Å². The van der Waals surface area contributed by atoms with Crippen molar-refractivity contribution in [2.45, 2.75) is 32.1 Å². The van der Waals surface area contributed by atoms with Gasteiger partial charge in [0.25, 0.3) is 0 Å². The molecule has 0 bridgehead atoms. The SMILES string of the molecule is O=C(CCC1CCCNC1)NCCc1ccco1. The Hall–Kier alpha value is -1.29. The summed E-state index contributed by atoms with van der Waals surface area (Å²) in [5.41, 5.74) is 0. The van der Waals surface area contributed by atoms with E-state index in [-0.39, 0.29) is 5.91 Å². The summed E-state index contributed by atoms with van der Waals surface area (Å²) >= 11 is 0. The zero-order chi connectivity index (χ0) is 12.6. The number of carbonyl (C=O) groups is 1. The van der Waals surface area contributed by atoms with Gasteiger partial charge in [0.05, 0.1) is 6.26 Å². The van der Waals surface area contributed by atoms with E-state index < -0.39 is 0 Å². The van der Waals surface area contributed by atoms with Gasteiger partial charge in [-0.2, -0.15) is 0 Å². The molecule has 0 saturated carbocycles. The number of amides is 1. The van der Waals surface area contributed by atoms with Gasteiger partial charge in [0.15, 0.2) is 0 Å². The molecule has 100 valence electrons. The van der Waals surface area contributed by atoms with E-state index >= 15 is 0 Å². The predicted octanol–water partition coefficient (Wildman–Crippen LogP) is 1.72. The van der Waals surface area contributed by atoms with E-state index in [1.54, 1.807) is 6.26 Å². The van der Waals surface area contributed by atoms with Crippen LogP contribution in [0.25, 0.3) is 0 Å². The summed E-state index contributed by atoms with van der Waals surface area (Å²) in [6, 6.07) is 3.80. The molecule has 1 aliphatic rings. The Kier molecular flexibility index (Phi) is 5.27. The van der Waals surface area contributed by atoms with E-state index in [4.69, 9.17) is 4.42 Å². The first-order valence-corrected chi connectivity index (χ1v) is 6.84. The lowest BCUT2D eigenvalue weighted by molar-refractivity contribution is -0.121. The van der Waals surface area contributed by atoms with E-state index in [0.717, 1.165) is 31.7 Å². The lowest BCUT2D eigenvalue weighted by Gasteiger charge is -2.22. The molecule has 1 aromatic heterocycles. The largest absolute Gasteiger partial charge is 0.469 e. The maximum Gasteiger partial charge on any atom is 0.220 e. The molecule has 1 saturated heterocycles. The Balaban J connectivity index is 1.54. The average Bonchev–Trinajstić information content (AvgIpc) is 2.91. The fourth-order valence-corrected chi connectivity index (χ4v) is 2.37. The van der Waals surface area contributed by atoms with Crippen molar-refractivity contribution in [3.63, 3.8) is 0 Å². The van der Waals surface area contributed by atoms with Gasteiger partial charge in [-0.25, -0.2) is 0 Å². The van der Waals surface area contributed by atoms with Crippen LogP contribution in [-0.2, 0) is 11.2 Å². The molecule has 1 unspecified atom stereocenters. The first-order valence-electron chi connectivity index (χ1n) is 6.84. The quantitative estimate of drug-likeness (QED) is 0.808. The second kappa shape index (κ2) is 7.21. The number of hydrogen-bond donors (Lipinski definition) is 2. The van der Waals surface area contributed by atoms with Gasteiger partial charge >= 0.3 is 0 Å². The fraction of sp³-hybridized carbons (Fsp3) is 0.643. The van der Waals surface area contributed by atoms with Crippen LogP contribution in [0.3, 0.4) is 0 Å². The predicted molar refractivity (Wildman–Crippen MR) is 70.2 cm³/mol. The molecule has 2 rings (SSSR count). The maximum atomic E-state index is 11.7. The van der Waals surface area contributed by atoms with E-state index in [1.165, 1.54) is 12.8 Å². The molecule has 1 fully saturated rings. The van der Waals surface area contributed by atoms with Crippen LogP contribution in [0.4, 0.5) is 0 Å². The van der Waals surface area contributed by atoms with E-state index in [0.29, 0.717) is 18.9 Å². The van der Waals surface area contributed by atoms with Crippen LogP contribution < -0.4 is 10.6 Å². The standard InChI is InChI=1S/C14H22N2O2/c17-14(6-5-12-3-1-8-15-11-12)16-9-7-13-4-2-10-18-13/h2,4,10,12,15H,1,3,5-9,11H2,(H,16,17). The molecule has 2 N–H and O–H groups in total. The Labute approximate surface area is 108 Å². The average molecular weight is 250 g/mol. The molecule has 18 heavy (non-hydrogen) atoms. The van der Waals surface area contributed by atoms with Crippen LogP contribution in [-0.4, -0.2) is 25.5 Å². The zero-order valence-corrected chi connectivity index (χ0v) is 10.8. The molecule has 2 heterocycles. The number of furan rings is 1. The third-order valence-corrected chi connectivity index (χ3v) is 3.45. The highest BCUT2D eigenvalue weighted by molar-refractivity contribution is 5.75. The molecule has 4 heteroatoms. The van der Waals surface area contributed by atoms with Crippen molar-refractivity contribution in [3.8, 4) is 0 Å². The zero-order valence-electron chi connectivity index (χ0n) is 10.8. The number of nitrogens with one attached hydrogen (secondary N) is 2. The molecule has 1 amide bonds. The Morgan fingerprint density at radius 2 is 2.50 bits per heavy atom. The van der Waals surface area contributed by atoms with Gasteiger partial charge in [0.1, 0.15) is 5.76 Å².